The molecule has 0 saturated heterocycles. The van der Waals surface area contributed by atoms with Gasteiger partial charge in [0.2, 0.25) is 0 Å². The van der Waals surface area contributed by atoms with Gasteiger partial charge in [-0.05, 0) is 62.8 Å². The second-order valence-electron chi connectivity index (χ2n) is 14.9. The monoisotopic (exact) mass is 725 g/mol. The molecule has 0 spiro atoms. The fourth-order valence-electron chi connectivity index (χ4n) is 7.06. The first-order valence-electron chi connectivity index (χ1n) is 21.6. The summed E-state index contributed by atoms with van der Waals surface area (Å²) in [6, 6.07) is 4.31. The third-order valence-corrected chi connectivity index (χ3v) is 11.6. The van der Waals surface area contributed by atoms with Gasteiger partial charge in [0.25, 0.3) is 0 Å². The lowest BCUT2D eigenvalue weighted by atomic mass is 10.0. The molecule has 4 nitrogen and oxygen atoms in total. The van der Waals surface area contributed by atoms with E-state index in [1.807, 2.05) is 11.3 Å². The molecule has 0 aliphatic heterocycles. The van der Waals surface area contributed by atoms with Crippen LogP contribution in [0.25, 0.3) is 20.2 Å². The van der Waals surface area contributed by atoms with Crippen LogP contribution in [0.5, 0.6) is 23.0 Å². The Hall–Kier alpha value is -2.14. The molecule has 3 rings (SSSR count). The maximum absolute atomic E-state index is 6.81. The number of benzene rings is 2. The standard InChI is InChI=1S/C46H76O4S/c1-7-11-15-19-23-27-33-47-39-31-32-40(48-34-28-24-20-16-12-8-2)45-41(39)42-43(49-35-29-25-21-17-13-9-3)37(5)38(6)44(46(42)51-45)50-36-30-26-22-18-14-10-4/h31-32H,7-30,33-36H2,1-6H3. The summed E-state index contributed by atoms with van der Waals surface area (Å²) in [6.07, 6.45) is 30.1. The van der Waals surface area contributed by atoms with Crippen LogP contribution in [-0.2, 0) is 0 Å². The number of fused-ring (bicyclic) bond motifs is 3. The number of hydrogen-bond acceptors (Lipinski definition) is 5. The number of unbranched alkanes of at least 4 members (excludes halogenated alkanes) is 20. The maximum atomic E-state index is 6.81. The van der Waals surface area contributed by atoms with E-state index in [-0.39, 0.29) is 0 Å². The fraction of sp³-hybridized carbons (Fsp3) is 0.739. The third kappa shape index (κ3) is 14.7. The fourth-order valence-corrected chi connectivity index (χ4v) is 8.39. The Morgan fingerprint density at radius 1 is 0.373 bits per heavy atom. The summed E-state index contributed by atoms with van der Waals surface area (Å²) in [6.45, 7) is 16.5. The molecule has 0 unspecified atom stereocenters. The second kappa shape index (κ2) is 26.6. The topological polar surface area (TPSA) is 36.9 Å². The average Bonchev–Trinajstić information content (AvgIpc) is 3.54. The van der Waals surface area contributed by atoms with Crippen LogP contribution in [0.3, 0.4) is 0 Å². The zero-order chi connectivity index (χ0) is 36.5. The minimum Gasteiger partial charge on any atom is -0.493 e. The van der Waals surface area contributed by atoms with Gasteiger partial charge in [-0.15, -0.1) is 11.3 Å². The van der Waals surface area contributed by atoms with Crippen LogP contribution in [0.4, 0.5) is 0 Å². The minimum absolute atomic E-state index is 0.733. The first-order chi connectivity index (χ1) is 25.1. The molecule has 0 fully saturated rings. The third-order valence-electron chi connectivity index (χ3n) is 10.4. The van der Waals surface area contributed by atoms with Gasteiger partial charge >= 0.3 is 0 Å². The van der Waals surface area contributed by atoms with Crippen LogP contribution < -0.4 is 18.9 Å². The molecule has 0 amide bonds. The molecular formula is C46H76O4S. The first-order valence-corrected chi connectivity index (χ1v) is 22.4. The summed E-state index contributed by atoms with van der Waals surface area (Å²) in [7, 11) is 0. The van der Waals surface area contributed by atoms with E-state index in [0.29, 0.717) is 0 Å². The summed E-state index contributed by atoms with van der Waals surface area (Å²) < 4.78 is 29.2. The van der Waals surface area contributed by atoms with Crippen molar-refractivity contribution in [3.63, 3.8) is 0 Å². The van der Waals surface area contributed by atoms with E-state index in [1.54, 1.807) is 0 Å². The molecule has 0 bridgehead atoms. The lowest BCUT2D eigenvalue weighted by molar-refractivity contribution is 0.298. The first kappa shape index (κ1) is 43.3. The van der Waals surface area contributed by atoms with Crippen molar-refractivity contribution >= 4 is 31.5 Å². The van der Waals surface area contributed by atoms with Gasteiger partial charge in [0, 0.05) is 0 Å². The van der Waals surface area contributed by atoms with Crippen molar-refractivity contribution in [1.29, 1.82) is 0 Å². The van der Waals surface area contributed by atoms with Crippen molar-refractivity contribution in [1.82, 2.24) is 0 Å². The normalized spacial score (nSPS) is 11.6. The zero-order valence-electron chi connectivity index (χ0n) is 34.0. The van der Waals surface area contributed by atoms with Crippen LogP contribution in [0.15, 0.2) is 12.1 Å². The Kier molecular flexibility index (Phi) is 22.6. The molecule has 0 saturated carbocycles. The summed E-state index contributed by atoms with van der Waals surface area (Å²) >= 11 is 1.81. The number of thiophene rings is 1. The van der Waals surface area contributed by atoms with Gasteiger partial charge in [-0.25, -0.2) is 0 Å². The molecule has 0 aliphatic carbocycles. The van der Waals surface area contributed by atoms with E-state index >= 15 is 0 Å². The molecule has 0 N–H and O–H groups in total. The summed E-state index contributed by atoms with van der Waals surface area (Å²) in [5.74, 6) is 3.94. The molecular weight excluding hydrogens is 649 g/mol. The van der Waals surface area contributed by atoms with Crippen LogP contribution in [0, 0.1) is 13.8 Å². The van der Waals surface area contributed by atoms with E-state index in [9.17, 15) is 0 Å². The summed E-state index contributed by atoms with van der Waals surface area (Å²) in [5.41, 5.74) is 2.38. The van der Waals surface area contributed by atoms with E-state index in [4.69, 9.17) is 18.9 Å². The number of hydrogen-bond donors (Lipinski definition) is 0. The number of rotatable bonds is 32. The lowest BCUT2D eigenvalue weighted by Crippen LogP contribution is -2.04. The van der Waals surface area contributed by atoms with Gasteiger partial charge in [-0.3, -0.25) is 0 Å². The molecule has 51 heavy (non-hydrogen) atoms. The van der Waals surface area contributed by atoms with Crippen molar-refractivity contribution in [2.45, 2.75) is 196 Å². The van der Waals surface area contributed by atoms with Gasteiger partial charge in [0.15, 0.2) is 0 Å². The molecule has 1 heterocycles. The zero-order valence-corrected chi connectivity index (χ0v) is 34.8. The number of ether oxygens (including phenoxy) is 4. The van der Waals surface area contributed by atoms with Gasteiger partial charge in [0.1, 0.15) is 23.0 Å². The van der Waals surface area contributed by atoms with E-state index in [2.05, 4.69) is 53.7 Å². The Balaban J connectivity index is 1.97. The largest absolute Gasteiger partial charge is 0.493 e. The van der Waals surface area contributed by atoms with Crippen molar-refractivity contribution in [3.05, 3.63) is 23.3 Å². The highest BCUT2D eigenvalue weighted by Gasteiger charge is 2.25. The van der Waals surface area contributed by atoms with Crippen LogP contribution in [0.2, 0.25) is 0 Å². The molecule has 1 aromatic heterocycles. The molecule has 3 aromatic rings. The Labute approximate surface area is 317 Å². The Morgan fingerprint density at radius 2 is 0.725 bits per heavy atom. The Morgan fingerprint density at radius 3 is 1.20 bits per heavy atom. The lowest BCUT2D eigenvalue weighted by Gasteiger charge is -2.18. The van der Waals surface area contributed by atoms with E-state index in [0.717, 1.165) is 90.6 Å². The van der Waals surface area contributed by atoms with E-state index < -0.39 is 0 Å². The SMILES string of the molecule is CCCCCCCCOc1ccc(OCCCCCCCC)c2c1sc1c(OCCCCCCCC)c(C)c(C)c(OCCCCCCCC)c12. The molecule has 290 valence electrons. The van der Waals surface area contributed by atoms with Gasteiger partial charge < -0.3 is 18.9 Å². The van der Waals surface area contributed by atoms with Gasteiger partial charge in [-0.1, -0.05) is 156 Å². The van der Waals surface area contributed by atoms with Crippen molar-refractivity contribution in [2.24, 2.45) is 0 Å². The summed E-state index contributed by atoms with van der Waals surface area (Å²) in [4.78, 5) is 0. The summed E-state index contributed by atoms with van der Waals surface area (Å²) in [5, 5.41) is 2.30. The van der Waals surface area contributed by atoms with Crippen LogP contribution >= 0.6 is 11.3 Å². The minimum atomic E-state index is 0.733. The van der Waals surface area contributed by atoms with Crippen LogP contribution in [0.1, 0.15) is 193 Å². The second-order valence-corrected chi connectivity index (χ2v) is 16.0. The van der Waals surface area contributed by atoms with Crippen molar-refractivity contribution in [2.75, 3.05) is 26.4 Å². The predicted octanol–water partition coefficient (Wildman–Crippen LogP) is 15.6. The molecule has 2 aromatic carbocycles. The smallest absolute Gasteiger partial charge is 0.140 e. The van der Waals surface area contributed by atoms with Gasteiger partial charge in [-0.2, -0.15) is 0 Å². The average molecular weight is 725 g/mol. The predicted molar refractivity (Wildman–Crippen MR) is 224 cm³/mol. The molecule has 0 aliphatic rings. The highest BCUT2D eigenvalue weighted by Crippen LogP contribution is 2.53. The molecule has 5 heteroatoms. The molecule has 0 atom stereocenters. The van der Waals surface area contributed by atoms with Gasteiger partial charge in [0.05, 0.1) is 46.6 Å². The van der Waals surface area contributed by atoms with Crippen LogP contribution in [-0.4, -0.2) is 26.4 Å². The molecule has 0 radical (unpaired) electrons. The maximum Gasteiger partial charge on any atom is 0.140 e. The highest BCUT2D eigenvalue weighted by atomic mass is 32.1. The van der Waals surface area contributed by atoms with Crippen molar-refractivity contribution in [3.8, 4) is 23.0 Å². The van der Waals surface area contributed by atoms with E-state index in [1.165, 1.54) is 144 Å². The highest BCUT2D eigenvalue weighted by molar-refractivity contribution is 7.26. The quantitative estimate of drug-likeness (QED) is 0.0601. The van der Waals surface area contributed by atoms with Crippen molar-refractivity contribution < 1.29 is 18.9 Å². The Bertz CT molecular complexity index is 1340.